The van der Waals surface area contributed by atoms with Crippen molar-refractivity contribution in [2.24, 2.45) is 0 Å². The van der Waals surface area contributed by atoms with E-state index in [2.05, 4.69) is 29.3 Å². The van der Waals surface area contributed by atoms with Crippen LogP contribution < -0.4 is 10.2 Å². The third-order valence-electron chi connectivity index (χ3n) is 5.77. The standard InChI is InChI=1S/C25H28FN3O3/c1-24(2,3)32-23(30)28-20(14-27)12-18-6-5-17(13-21(18)26)16-7-8-22-19(11-16)9-10-29(22)25(4)15-31-25/h5-8,11,13,20H,9-10,12,15H2,1-4H3,(H,28,30)/t20-,25?/m0/s1. The molecule has 0 radical (unpaired) electrons. The van der Waals surface area contributed by atoms with E-state index in [4.69, 9.17) is 9.47 Å². The van der Waals surface area contributed by atoms with Gasteiger partial charge >= 0.3 is 6.09 Å². The van der Waals surface area contributed by atoms with Crippen molar-refractivity contribution in [2.75, 3.05) is 18.1 Å². The van der Waals surface area contributed by atoms with E-state index < -0.39 is 23.6 Å². The number of nitrogens with zero attached hydrogens (tertiary/aromatic N) is 2. The summed E-state index contributed by atoms with van der Waals surface area (Å²) < 4.78 is 25.6. The number of nitrogens with one attached hydrogen (secondary N) is 1. The Balaban J connectivity index is 1.47. The molecular weight excluding hydrogens is 409 g/mol. The fourth-order valence-corrected chi connectivity index (χ4v) is 4.02. The highest BCUT2D eigenvalue weighted by Gasteiger charge is 2.47. The maximum atomic E-state index is 14.9. The molecule has 0 spiro atoms. The van der Waals surface area contributed by atoms with E-state index in [-0.39, 0.29) is 12.1 Å². The van der Waals surface area contributed by atoms with E-state index in [0.29, 0.717) is 5.56 Å². The summed E-state index contributed by atoms with van der Waals surface area (Å²) in [6.45, 7) is 8.97. The minimum atomic E-state index is -0.887. The Morgan fingerprint density at radius 2 is 2.00 bits per heavy atom. The van der Waals surface area contributed by atoms with Crippen molar-refractivity contribution >= 4 is 11.8 Å². The molecule has 1 saturated heterocycles. The Morgan fingerprint density at radius 3 is 2.62 bits per heavy atom. The van der Waals surface area contributed by atoms with Crippen LogP contribution in [-0.2, 0) is 22.3 Å². The lowest BCUT2D eigenvalue weighted by Crippen LogP contribution is -2.39. The number of alkyl carbamates (subject to hydrolysis) is 1. The molecule has 1 fully saturated rings. The second kappa shape index (κ2) is 8.10. The van der Waals surface area contributed by atoms with Crippen molar-refractivity contribution in [1.29, 1.82) is 5.26 Å². The zero-order valence-corrected chi connectivity index (χ0v) is 18.9. The highest BCUT2D eigenvalue weighted by Crippen LogP contribution is 2.41. The third-order valence-corrected chi connectivity index (χ3v) is 5.77. The quantitative estimate of drug-likeness (QED) is 0.694. The zero-order chi connectivity index (χ0) is 23.1. The summed E-state index contributed by atoms with van der Waals surface area (Å²) >= 11 is 0. The highest BCUT2D eigenvalue weighted by molar-refractivity contribution is 5.72. The van der Waals surface area contributed by atoms with Gasteiger partial charge in [0.2, 0.25) is 0 Å². The van der Waals surface area contributed by atoms with Gasteiger partial charge < -0.3 is 19.7 Å². The number of halogens is 1. The topological polar surface area (TPSA) is 77.9 Å². The van der Waals surface area contributed by atoms with Gasteiger partial charge in [-0.3, -0.25) is 0 Å². The first kappa shape index (κ1) is 22.1. The molecule has 7 heteroatoms. The Bertz CT molecular complexity index is 1080. The minimum absolute atomic E-state index is 0.0551. The molecule has 2 aromatic carbocycles. The van der Waals surface area contributed by atoms with Gasteiger partial charge in [0, 0.05) is 18.7 Å². The Morgan fingerprint density at radius 1 is 1.31 bits per heavy atom. The number of anilines is 1. The molecule has 0 bridgehead atoms. The van der Waals surface area contributed by atoms with E-state index in [9.17, 15) is 14.4 Å². The molecule has 32 heavy (non-hydrogen) atoms. The summed E-state index contributed by atoms with van der Waals surface area (Å²) in [6, 6.07) is 12.3. The zero-order valence-electron chi connectivity index (χ0n) is 18.9. The maximum Gasteiger partial charge on any atom is 0.408 e. The molecule has 0 aliphatic carbocycles. The van der Waals surface area contributed by atoms with Crippen LogP contribution in [0.1, 0.15) is 38.8 Å². The molecule has 168 valence electrons. The molecule has 2 aliphatic heterocycles. The van der Waals surface area contributed by atoms with Crippen molar-refractivity contribution in [2.45, 2.75) is 57.9 Å². The first-order chi connectivity index (χ1) is 15.1. The van der Waals surface area contributed by atoms with Crippen molar-refractivity contribution in [3.63, 3.8) is 0 Å². The molecule has 0 aromatic heterocycles. The van der Waals surface area contributed by atoms with Gasteiger partial charge in [-0.25, -0.2) is 9.18 Å². The van der Waals surface area contributed by atoms with E-state index >= 15 is 0 Å². The van der Waals surface area contributed by atoms with Gasteiger partial charge in [-0.1, -0.05) is 18.2 Å². The Kier molecular flexibility index (Phi) is 5.59. The largest absolute Gasteiger partial charge is 0.444 e. The molecule has 1 N–H and O–H groups in total. The van der Waals surface area contributed by atoms with Crippen LogP contribution in [0.3, 0.4) is 0 Å². The van der Waals surface area contributed by atoms with Gasteiger partial charge in [0.15, 0.2) is 5.72 Å². The average Bonchev–Trinajstić information content (AvgIpc) is 3.31. The third kappa shape index (κ3) is 4.71. The lowest BCUT2D eigenvalue weighted by Gasteiger charge is -2.24. The van der Waals surface area contributed by atoms with Crippen LogP contribution in [0.25, 0.3) is 11.1 Å². The number of hydrogen-bond donors (Lipinski definition) is 1. The van der Waals surface area contributed by atoms with Gasteiger partial charge in [0.05, 0.1) is 12.7 Å². The number of nitriles is 1. The molecule has 1 amide bonds. The number of benzene rings is 2. The lowest BCUT2D eigenvalue weighted by atomic mass is 9.98. The summed E-state index contributed by atoms with van der Waals surface area (Å²) in [5, 5.41) is 11.9. The number of rotatable bonds is 5. The van der Waals surface area contributed by atoms with Crippen molar-refractivity contribution in [1.82, 2.24) is 5.32 Å². The smallest absolute Gasteiger partial charge is 0.408 e. The Labute approximate surface area is 187 Å². The second-order valence-electron chi connectivity index (χ2n) is 9.55. The van der Waals surface area contributed by atoms with Crippen LogP contribution in [0, 0.1) is 17.1 Å². The Hall–Kier alpha value is -3.11. The lowest BCUT2D eigenvalue weighted by molar-refractivity contribution is 0.0515. The molecule has 2 aromatic rings. The molecule has 2 aliphatic rings. The fourth-order valence-electron chi connectivity index (χ4n) is 4.02. The summed E-state index contributed by atoms with van der Waals surface area (Å²) in [5.74, 6) is -0.408. The SMILES string of the molecule is CC(C)(C)OC(=O)N[C@H](C#N)Cc1ccc(-c2ccc3c(c2)CCN3C2(C)CO2)cc1F. The van der Waals surface area contributed by atoms with Crippen molar-refractivity contribution < 1.29 is 18.7 Å². The van der Waals surface area contributed by atoms with Crippen LogP contribution in [0.4, 0.5) is 14.9 Å². The summed E-state index contributed by atoms with van der Waals surface area (Å²) in [6.07, 6.45) is 0.293. The monoisotopic (exact) mass is 437 g/mol. The number of amides is 1. The number of ether oxygens (including phenoxy) is 2. The summed E-state index contributed by atoms with van der Waals surface area (Å²) in [5.41, 5.74) is 3.63. The summed E-state index contributed by atoms with van der Waals surface area (Å²) in [4.78, 5) is 14.2. The number of hydrogen-bond acceptors (Lipinski definition) is 5. The molecule has 1 unspecified atom stereocenters. The van der Waals surface area contributed by atoms with E-state index in [1.165, 1.54) is 17.3 Å². The molecule has 0 saturated carbocycles. The molecule has 2 atom stereocenters. The molecule has 4 rings (SSSR count). The van der Waals surface area contributed by atoms with Crippen LogP contribution in [0.2, 0.25) is 0 Å². The van der Waals surface area contributed by atoms with Gasteiger partial charge in [0.1, 0.15) is 17.5 Å². The molecular formula is C25H28FN3O3. The molecule has 6 nitrogen and oxygen atoms in total. The van der Waals surface area contributed by atoms with Gasteiger partial charge in [-0.05, 0) is 74.6 Å². The normalized spacial score (nSPS) is 20.3. The first-order valence-corrected chi connectivity index (χ1v) is 10.8. The summed E-state index contributed by atoms with van der Waals surface area (Å²) in [7, 11) is 0. The predicted molar refractivity (Wildman–Crippen MR) is 120 cm³/mol. The van der Waals surface area contributed by atoms with Crippen molar-refractivity contribution in [3.05, 3.63) is 53.3 Å². The number of carbonyl (C=O) groups is 1. The maximum absolute atomic E-state index is 14.9. The van der Waals surface area contributed by atoms with E-state index in [1.807, 2.05) is 18.2 Å². The van der Waals surface area contributed by atoms with Crippen LogP contribution in [0.15, 0.2) is 36.4 Å². The second-order valence-corrected chi connectivity index (χ2v) is 9.55. The average molecular weight is 438 g/mol. The first-order valence-electron chi connectivity index (χ1n) is 10.8. The number of epoxide rings is 1. The fraction of sp³-hybridized carbons (Fsp3) is 0.440. The number of carbonyl (C=O) groups excluding carboxylic acids is 1. The highest BCUT2D eigenvalue weighted by atomic mass is 19.1. The molecule has 2 heterocycles. The van der Waals surface area contributed by atoms with Crippen LogP contribution in [0.5, 0.6) is 0 Å². The van der Waals surface area contributed by atoms with E-state index in [0.717, 1.165) is 30.7 Å². The van der Waals surface area contributed by atoms with E-state index in [1.54, 1.807) is 26.8 Å². The minimum Gasteiger partial charge on any atom is -0.444 e. The predicted octanol–water partition coefficient (Wildman–Crippen LogP) is 4.56. The van der Waals surface area contributed by atoms with Gasteiger partial charge in [-0.2, -0.15) is 5.26 Å². The van der Waals surface area contributed by atoms with Gasteiger partial charge in [-0.15, -0.1) is 0 Å². The van der Waals surface area contributed by atoms with Crippen LogP contribution >= 0.6 is 0 Å². The van der Waals surface area contributed by atoms with Crippen molar-refractivity contribution in [3.8, 4) is 17.2 Å². The number of fused-ring (bicyclic) bond motifs is 1. The van der Waals surface area contributed by atoms with Crippen LogP contribution in [-0.4, -0.2) is 36.6 Å². The van der Waals surface area contributed by atoms with Gasteiger partial charge in [0.25, 0.3) is 0 Å².